The van der Waals surface area contributed by atoms with E-state index in [9.17, 15) is 13.6 Å². The van der Waals surface area contributed by atoms with E-state index < -0.39 is 6.61 Å². The third-order valence-corrected chi connectivity index (χ3v) is 5.67. The number of anilines is 1. The summed E-state index contributed by atoms with van der Waals surface area (Å²) >= 11 is 1.50. The number of aryl methyl sites for hydroxylation is 1. The van der Waals surface area contributed by atoms with Crippen molar-refractivity contribution in [1.29, 1.82) is 0 Å². The number of aromatic nitrogens is 3. The Bertz CT molecular complexity index is 1000. The first-order chi connectivity index (χ1) is 13.5. The predicted octanol–water partition coefficient (Wildman–Crippen LogP) is 4.51. The van der Waals surface area contributed by atoms with Gasteiger partial charge in [0, 0.05) is 10.4 Å². The van der Waals surface area contributed by atoms with Gasteiger partial charge in [-0.05, 0) is 37.3 Å². The lowest BCUT2D eigenvalue weighted by Gasteiger charge is -2.15. The predicted molar refractivity (Wildman–Crippen MR) is 102 cm³/mol. The van der Waals surface area contributed by atoms with Gasteiger partial charge in [-0.1, -0.05) is 19.1 Å². The zero-order chi connectivity index (χ0) is 19.7. The maximum Gasteiger partial charge on any atom is 0.387 e. The van der Waals surface area contributed by atoms with E-state index in [0.29, 0.717) is 27.9 Å². The number of ether oxygens (including phenoxy) is 1. The number of alkyl halides is 2. The number of amides is 1. The molecule has 0 saturated carbocycles. The highest BCUT2D eigenvalue weighted by molar-refractivity contribution is 7.15. The molecule has 1 aliphatic rings. The molecular formula is C19H18F2N4O2S. The number of halogens is 2. The summed E-state index contributed by atoms with van der Waals surface area (Å²) in [6.07, 6.45) is 4.42. The van der Waals surface area contributed by atoms with Crippen LogP contribution in [0.3, 0.4) is 0 Å². The van der Waals surface area contributed by atoms with Gasteiger partial charge < -0.3 is 4.74 Å². The topological polar surface area (TPSA) is 79.9 Å². The molecule has 0 saturated heterocycles. The standard InChI is InChI=1S/C19H18F2N4O2S/c1-10-5-6-14-15(7-10)28-19(23-14)24-17(26)13-9-22-25-16(13)11-3-2-4-12(8-11)27-18(20)21/h2-4,8-10,18H,5-7H2,1H3,(H,22,25)(H,23,24,26). The number of nitrogens with one attached hydrogen (secondary N) is 2. The van der Waals surface area contributed by atoms with E-state index in [2.05, 4.69) is 32.2 Å². The summed E-state index contributed by atoms with van der Waals surface area (Å²) in [5.41, 5.74) is 2.30. The molecule has 146 valence electrons. The molecule has 2 aromatic heterocycles. The number of carbonyl (C=O) groups is 1. The molecule has 4 rings (SSSR count). The number of fused-ring (bicyclic) bond motifs is 1. The Morgan fingerprint density at radius 2 is 2.29 bits per heavy atom. The average Bonchev–Trinajstić information content (AvgIpc) is 3.27. The van der Waals surface area contributed by atoms with Gasteiger partial charge >= 0.3 is 6.61 Å². The summed E-state index contributed by atoms with van der Waals surface area (Å²) in [7, 11) is 0. The lowest BCUT2D eigenvalue weighted by atomic mass is 9.93. The molecule has 1 aliphatic carbocycles. The van der Waals surface area contributed by atoms with Gasteiger partial charge in [-0.15, -0.1) is 11.3 Å². The third kappa shape index (κ3) is 3.89. The molecule has 0 bridgehead atoms. The Kier molecular flexibility index (Phi) is 5.08. The second-order valence-corrected chi connectivity index (χ2v) is 7.84. The molecule has 28 heavy (non-hydrogen) atoms. The van der Waals surface area contributed by atoms with Crippen LogP contribution >= 0.6 is 11.3 Å². The summed E-state index contributed by atoms with van der Waals surface area (Å²) in [4.78, 5) is 18.5. The van der Waals surface area contributed by atoms with E-state index in [1.807, 2.05) is 0 Å². The average molecular weight is 404 g/mol. The lowest BCUT2D eigenvalue weighted by molar-refractivity contribution is -0.0498. The van der Waals surface area contributed by atoms with Crippen molar-refractivity contribution >= 4 is 22.4 Å². The van der Waals surface area contributed by atoms with Crippen molar-refractivity contribution in [2.24, 2.45) is 5.92 Å². The molecule has 1 atom stereocenters. The first-order valence-corrected chi connectivity index (χ1v) is 9.70. The minimum absolute atomic E-state index is 0.00942. The molecule has 2 heterocycles. The van der Waals surface area contributed by atoms with Crippen molar-refractivity contribution in [3.63, 3.8) is 0 Å². The highest BCUT2D eigenvalue weighted by atomic mass is 32.1. The first-order valence-electron chi connectivity index (χ1n) is 8.88. The SMILES string of the molecule is CC1CCc2nc(NC(=O)c3cn[nH]c3-c3cccc(OC(F)F)c3)sc2C1. The minimum Gasteiger partial charge on any atom is -0.435 e. The molecule has 1 amide bonds. The molecule has 0 radical (unpaired) electrons. The van der Waals surface area contributed by atoms with Gasteiger partial charge in [-0.2, -0.15) is 13.9 Å². The van der Waals surface area contributed by atoms with Crippen molar-refractivity contribution in [2.45, 2.75) is 32.8 Å². The maximum atomic E-state index is 12.8. The van der Waals surface area contributed by atoms with E-state index in [-0.39, 0.29) is 11.7 Å². The summed E-state index contributed by atoms with van der Waals surface area (Å²) < 4.78 is 29.3. The van der Waals surface area contributed by atoms with Crippen LogP contribution in [0.2, 0.25) is 0 Å². The number of hydrogen-bond donors (Lipinski definition) is 2. The molecule has 1 aromatic carbocycles. The van der Waals surface area contributed by atoms with E-state index in [4.69, 9.17) is 0 Å². The number of H-pyrrole nitrogens is 1. The monoisotopic (exact) mass is 404 g/mol. The van der Waals surface area contributed by atoms with Crippen LogP contribution in [0.15, 0.2) is 30.5 Å². The van der Waals surface area contributed by atoms with Gasteiger partial charge in [0.2, 0.25) is 0 Å². The van der Waals surface area contributed by atoms with Crippen molar-refractivity contribution in [3.8, 4) is 17.0 Å². The Labute approximate surface area is 164 Å². The van der Waals surface area contributed by atoms with E-state index in [1.54, 1.807) is 12.1 Å². The van der Waals surface area contributed by atoms with Gasteiger partial charge in [0.05, 0.1) is 23.1 Å². The van der Waals surface area contributed by atoms with Crippen LogP contribution in [0.4, 0.5) is 13.9 Å². The fraction of sp³-hybridized carbons (Fsp3) is 0.316. The number of carbonyl (C=O) groups excluding carboxylic acids is 1. The van der Waals surface area contributed by atoms with Gasteiger partial charge in [0.25, 0.3) is 5.91 Å². The van der Waals surface area contributed by atoms with Crippen LogP contribution < -0.4 is 10.1 Å². The molecule has 9 heteroatoms. The number of benzene rings is 1. The van der Waals surface area contributed by atoms with Crippen molar-refractivity contribution in [2.75, 3.05) is 5.32 Å². The largest absolute Gasteiger partial charge is 0.435 e. The second kappa shape index (κ2) is 7.67. The fourth-order valence-electron chi connectivity index (χ4n) is 3.26. The summed E-state index contributed by atoms with van der Waals surface area (Å²) in [6, 6.07) is 6.12. The Morgan fingerprint density at radius 3 is 3.11 bits per heavy atom. The Balaban J connectivity index is 1.55. The molecule has 0 fully saturated rings. The number of hydrogen-bond acceptors (Lipinski definition) is 5. The van der Waals surface area contributed by atoms with Crippen LogP contribution in [-0.4, -0.2) is 27.7 Å². The highest BCUT2D eigenvalue weighted by Crippen LogP contribution is 2.33. The molecule has 1 unspecified atom stereocenters. The number of aromatic amines is 1. The lowest BCUT2D eigenvalue weighted by Crippen LogP contribution is -2.12. The zero-order valence-electron chi connectivity index (χ0n) is 15.0. The van der Waals surface area contributed by atoms with E-state index in [1.165, 1.54) is 34.5 Å². The number of nitrogens with zero attached hydrogens (tertiary/aromatic N) is 2. The molecule has 0 spiro atoms. The quantitative estimate of drug-likeness (QED) is 0.656. The normalized spacial score (nSPS) is 16.1. The first kappa shape index (κ1) is 18.5. The summed E-state index contributed by atoms with van der Waals surface area (Å²) in [5.74, 6) is 0.276. The van der Waals surface area contributed by atoms with E-state index >= 15 is 0 Å². The maximum absolute atomic E-state index is 12.8. The van der Waals surface area contributed by atoms with Crippen molar-refractivity contribution in [3.05, 3.63) is 46.6 Å². The smallest absolute Gasteiger partial charge is 0.387 e. The van der Waals surface area contributed by atoms with Crippen LogP contribution in [0.1, 0.15) is 34.3 Å². The van der Waals surface area contributed by atoms with Gasteiger partial charge in [-0.3, -0.25) is 15.2 Å². The number of thiazole rings is 1. The summed E-state index contributed by atoms with van der Waals surface area (Å²) in [6.45, 7) is -0.705. The van der Waals surface area contributed by atoms with Gasteiger partial charge in [-0.25, -0.2) is 4.98 Å². The number of rotatable bonds is 5. The third-order valence-electron chi connectivity index (χ3n) is 4.64. The zero-order valence-corrected chi connectivity index (χ0v) is 15.9. The van der Waals surface area contributed by atoms with Crippen LogP contribution in [0.25, 0.3) is 11.3 Å². The molecule has 6 nitrogen and oxygen atoms in total. The van der Waals surface area contributed by atoms with Gasteiger partial charge in [0.1, 0.15) is 5.75 Å². The van der Waals surface area contributed by atoms with Crippen molar-refractivity contribution in [1.82, 2.24) is 15.2 Å². The molecular weight excluding hydrogens is 386 g/mol. The summed E-state index contributed by atoms with van der Waals surface area (Å²) in [5, 5.41) is 10.1. The van der Waals surface area contributed by atoms with Crippen LogP contribution in [-0.2, 0) is 12.8 Å². The minimum atomic E-state index is -2.92. The Hall–Kier alpha value is -2.81. The van der Waals surface area contributed by atoms with Gasteiger partial charge in [0.15, 0.2) is 5.13 Å². The van der Waals surface area contributed by atoms with Crippen molar-refractivity contribution < 1.29 is 18.3 Å². The highest BCUT2D eigenvalue weighted by Gasteiger charge is 2.22. The molecule has 0 aliphatic heterocycles. The van der Waals surface area contributed by atoms with Crippen LogP contribution in [0.5, 0.6) is 5.75 Å². The Morgan fingerprint density at radius 1 is 1.43 bits per heavy atom. The van der Waals surface area contributed by atoms with Crippen LogP contribution in [0, 0.1) is 5.92 Å². The molecule has 2 N–H and O–H groups in total. The fourth-order valence-corrected chi connectivity index (χ4v) is 4.43. The van der Waals surface area contributed by atoms with E-state index in [0.717, 1.165) is 25.0 Å². The molecule has 3 aromatic rings. The second-order valence-electron chi connectivity index (χ2n) is 6.76.